The molecular weight excluding hydrogens is 217 g/mol. The predicted molar refractivity (Wildman–Crippen MR) is 54.5 cm³/mol. The number of anilines is 1. The number of benzene rings is 1. The molecule has 0 atom stereocenters. The van der Waals surface area contributed by atoms with Gasteiger partial charge in [0.1, 0.15) is 5.82 Å². The lowest BCUT2D eigenvalue weighted by molar-refractivity contribution is 0.0691. The standard InChI is InChI=1S/C9H6FN3O2.H2O/c10-4-1-2-5-6(3-4)12-13-8(7(5)11)9(14)15;/h1-3H,(H2,11,12)(H,14,15);1H2. The molecule has 84 valence electrons. The summed E-state index contributed by atoms with van der Waals surface area (Å²) in [6.45, 7) is 0. The monoisotopic (exact) mass is 225 g/mol. The highest BCUT2D eigenvalue weighted by molar-refractivity contribution is 6.01. The number of rotatable bonds is 1. The maximum absolute atomic E-state index is 12.8. The van der Waals surface area contributed by atoms with Crippen molar-refractivity contribution in [3.63, 3.8) is 0 Å². The fourth-order valence-corrected chi connectivity index (χ4v) is 1.26. The highest BCUT2D eigenvalue weighted by atomic mass is 19.1. The quantitative estimate of drug-likeness (QED) is 0.719. The Labute approximate surface area is 88.8 Å². The van der Waals surface area contributed by atoms with E-state index >= 15 is 0 Å². The Kier molecular flexibility index (Phi) is 3.00. The molecule has 0 amide bonds. The number of nitrogens with zero attached hydrogens (tertiary/aromatic N) is 2. The zero-order valence-electron chi connectivity index (χ0n) is 7.94. The number of fused-ring (bicyclic) bond motifs is 1. The van der Waals surface area contributed by atoms with Crippen LogP contribution in [0.4, 0.5) is 10.1 Å². The first-order valence-electron chi connectivity index (χ1n) is 4.04. The van der Waals surface area contributed by atoms with Gasteiger partial charge in [0, 0.05) is 11.5 Å². The molecule has 16 heavy (non-hydrogen) atoms. The van der Waals surface area contributed by atoms with E-state index < -0.39 is 11.8 Å². The summed E-state index contributed by atoms with van der Waals surface area (Å²) >= 11 is 0. The van der Waals surface area contributed by atoms with E-state index in [2.05, 4.69) is 10.2 Å². The van der Waals surface area contributed by atoms with Gasteiger partial charge in [0.15, 0.2) is 5.69 Å². The Bertz CT molecular complexity index is 559. The molecule has 0 aliphatic heterocycles. The number of hydrogen-bond acceptors (Lipinski definition) is 4. The number of aromatic nitrogens is 2. The zero-order valence-corrected chi connectivity index (χ0v) is 7.94. The molecule has 7 heteroatoms. The second kappa shape index (κ2) is 4.07. The molecule has 0 spiro atoms. The summed E-state index contributed by atoms with van der Waals surface area (Å²) in [7, 11) is 0. The third-order valence-corrected chi connectivity index (χ3v) is 1.97. The minimum absolute atomic E-state index is 0. The van der Waals surface area contributed by atoms with Gasteiger partial charge in [0.2, 0.25) is 0 Å². The molecule has 0 saturated carbocycles. The third kappa shape index (κ3) is 1.75. The molecule has 0 saturated heterocycles. The molecule has 1 heterocycles. The number of hydrogen-bond donors (Lipinski definition) is 2. The first kappa shape index (κ1) is 11.8. The van der Waals surface area contributed by atoms with Crippen molar-refractivity contribution in [2.75, 3.05) is 5.73 Å². The molecule has 0 fully saturated rings. The van der Waals surface area contributed by atoms with E-state index in [1.165, 1.54) is 12.1 Å². The van der Waals surface area contributed by atoms with Crippen LogP contribution < -0.4 is 5.73 Å². The number of carbonyl (C=O) groups is 1. The Morgan fingerprint density at radius 2 is 2.06 bits per heavy atom. The van der Waals surface area contributed by atoms with Crippen LogP contribution in [0.15, 0.2) is 18.2 Å². The van der Waals surface area contributed by atoms with Gasteiger partial charge in [-0.2, -0.15) is 0 Å². The summed E-state index contributed by atoms with van der Waals surface area (Å²) in [6.07, 6.45) is 0. The van der Waals surface area contributed by atoms with Gasteiger partial charge < -0.3 is 16.3 Å². The van der Waals surface area contributed by atoms with E-state index in [-0.39, 0.29) is 22.4 Å². The van der Waals surface area contributed by atoms with Gasteiger partial charge in [-0.3, -0.25) is 0 Å². The van der Waals surface area contributed by atoms with Crippen LogP contribution >= 0.6 is 0 Å². The molecule has 0 aliphatic carbocycles. The molecule has 2 rings (SSSR count). The van der Waals surface area contributed by atoms with Gasteiger partial charge in [0.05, 0.1) is 11.2 Å². The number of nitrogens with two attached hydrogens (primary N) is 1. The van der Waals surface area contributed by atoms with Gasteiger partial charge in [0.25, 0.3) is 0 Å². The van der Waals surface area contributed by atoms with Crippen LogP contribution in [0.25, 0.3) is 10.9 Å². The van der Waals surface area contributed by atoms with Crippen LogP contribution in [0.5, 0.6) is 0 Å². The van der Waals surface area contributed by atoms with Crippen molar-refractivity contribution in [2.45, 2.75) is 0 Å². The summed E-state index contributed by atoms with van der Waals surface area (Å²) in [5, 5.41) is 16.1. The topological polar surface area (TPSA) is 121 Å². The molecule has 5 N–H and O–H groups in total. The minimum Gasteiger partial charge on any atom is -0.476 e. The second-order valence-corrected chi connectivity index (χ2v) is 2.93. The fourth-order valence-electron chi connectivity index (χ4n) is 1.26. The van der Waals surface area contributed by atoms with E-state index in [0.717, 1.165) is 6.07 Å². The molecule has 0 aliphatic rings. The number of carboxylic acid groups (broad SMARTS) is 1. The smallest absolute Gasteiger partial charge is 0.358 e. The van der Waals surface area contributed by atoms with E-state index in [9.17, 15) is 9.18 Å². The number of aromatic carboxylic acids is 1. The second-order valence-electron chi connectivity index (χ2n) is 2.93. The molecule has 0 unspecified atom stereocenters. The van der Waals surface area contributed by atoms with Gasteiger partial charge >= 0.3 is 5.97 Å². The average Bonchev–Trinajstić information content (AvgIpc) is 2.17. The van der Waals surface area contributed by atoms with Crippen LogP contribution in [0.2, 0.25) is 0 Å². The zero-order chi connectivity index (χ0) is 11.0. The minimum atomic E-state index is -1.26. The molecule has 0 bridgehead atoms. The summed E-state index contributed by atoms with van der Waals surface area (Å²) in [5.74, 6) is -1.73. The number of nitrogen functional groups attached to an aromatic ring is 1. The highest BCUT2D eigenvalue weighted by Crippen LogP contribution is 2.21. The van der Waals surface area contributed by atoms with Crippen LogP contribution in [0.3, 0.4) is 0 Å². The first-order valence-corrected chi connectivity index (χ1v) is 4.04. The first-order chi connectivity index (χ1) is 7.09. The summed E-state index contributed by atoms with van der Waals surface area (Å²) in [5.41, 5.74) is 5.47. The van der Waals surface area contributed by atoms with Crippen molar-refractivity contribution in [2.24, 2.45) is 0 Å². The molecule has 6 nitrogen and oxygen atoms in total. The Balaban J connectivity index is 0.00000128. The van der Waals surface area contributed by atoms with Crippen molar-refractivity contribution < 1.29 is 19.8 Å². The predicted octanol–water partition coefficient (Wildman–Crippen LogP) is 0.225. The van der Waals surface area contributed by atoms with Crippen LogP contribution in [-0.2, 0) is 0 Å². The van der Waals surface area contributed by atoms with Gasteiger partial charge in [-0.1, -0.05) is 0 Å². The van der Waals surface area contributed by atoms with E-state index in [0.29, 0.717) is 5.39 Å². The molecule has 1 aromatic heterocycles. The van der Waals surface area contributed by atoms with Crippen molar-refractivity contribution >= 4 is 22.6 Å². The van der Waals surface area contributed by atoms with Gasteiger partial charge in [-0.25, -0.2) is 9.18 Å². The normalized spacial score (nSPS) is 9.81. The fraction of sp³-hybridized carbons (Fsp3) is 0. The van der Waals surface area contributed by atoms with Crippen molar-refractivity contribution in [1.29, 1.82) is 0 Å². The Morgan fingerprint density at radius 1 is 1.38 bits per heavy atom. The Hall–Kier alpha value is -2.28. The molecule has 1 aromatic carbocycles. The largest absolute Gasteiger partial charge is 0.476 e. The maximum atomic E-state index is 12.8. The number of halogens is 1. The summed E-state index contributed by atoms with van der Waals surface area (Å²) in [6, 6.07) is 3.71. The Morgan fingerprint density at radius 3 is 2.69 bits per heavy atom. The SMILES string of the molecule is Nc1c(C(=O)O)nnc2cc(F)ccc12.O. The molecular formula is C9H8FN3O3. The molecule has 0 radical (unpaired) electrons. The summed E-state index contributed by atoms with van der Waals surface area (Å²) < 4.78 is 12.8. The van der Waals surface area contributed by atoms with Gasteiger partial charge in [-0.15, -0.1) is 10.2 Å². The summed E-state index contributed by atoms with van der Waals surface area (Å²) in [4.78, 5) is 10.7. The lowest BCUT2D eigenvalue weighted by Gasteiger charge is -2.02. The van der Waals surface area contributed by atoms with Crippen LogP contribution in [0.1, 0.15) is 10.5 Å². The lowest BCUT2D eigenvalue weighted by Crippen LogP contribution is -2.07. The van der Waals surface area contributed by atoms with Crippen molar-refractivity contribution in [1.82, 2.24) is 10.2 Å². The highest BCUT2D eigenvalue weighted by Gasteiger charge is 2.13. The maximum Gasteiger partial charge on any atom is 0.358 e. The van der Waals surface area contributed by atoms with E-state index in [1.54, 1.807) is 0 Å². The van der Waals surface area contributed by atoms with Crippen molar-refractivity contribution in [3.8, 4) is 0 Å². The number of carboxylic acids is 1. The van der Waals surface area contributed by atoms with Gasteiger partial charge in [-0.05, 0) is 12.1 Å². The average molecular weight is 225 g/mol. The molecule has 2 aromatic rings. The van der Waals surface area contributed by atoms with E-state index in [1.807, 2.05) is 0 Å². The van der Waals surface area contributed by atoms with E-state index in [4.69, 9.17) is 10.8 Å². The third-order valence-electron chi connectivity index (χ3n) is 1.97. The lowest BCUT2D eigenvalue weighted by atomic mass is 10.1. The van der Waals surface area contributed by atoms with Crippen LogP contribution in [-0.4, -0.2) is 26.7 Å². The van der Waals surface area contributed by atoms with Crippen molar-refractivity contribution in [3.05, 3.63) is 29.7 Å². The van der Waals surface area contributed by atoms with Crippen LogP contribution in [0, 0.1) is 5.82 Å².